The third-order valence-electron chi connectivity index (χ3n) is 2.77. The maximum atomic E-state index is 12.1. The summed E-state index contributed by atoms with van der Waals surface area (Å²) in [6, 6.07) is 0.895. The molecule has 1 atom stereocenters. The Hall–Kier alpha value is -1.82. The number of ether oxygens (including phenoxy) is 1. The van der Waals surface area contributed by atoms with Crippen LogP contribution in [-0.4, -0.2) is 24.0 Å². The van der Waals surface area contributed by atoms with Gasteiger partial charge in [-0.25, -0.2) is 4.79 Å². The van der Waals surface area contributed by atoms with Crippen molar-refractivity contribution in [2.45, 2.75) is 52.8 Å². The number of furan rings is 1. The van der Waals surface area contributed by atoms with Crippen LogP contribution in [0.3, 0.4) is 0 Å². The normalized spacial score (nSPS) is 12.5. The van der Waals surface area contributed by atoms with Gasteiger partial charge in [-0.2, -0.15) is 0 Å². The van der Waals surface area contributed by atoms with E-state index >= 15 is 0 Å². The molecule has 1 amide bonds. The molecule has 0 aliphatic heterocycles. The van der Waals surface area contributed by atoms with Crippen LogP contribution in [0.5, 0.6) is 0 Å². The third-order valence-corrected chi connectivity index (χ3v) is 2.77. The topological polar surface area (TPSA) is 94.6 Å². The van der Waals surface area contributed by atoms with Gasteiger partial charge in [-0.15, -0.1) is 0 Å². The molecule has 0 saturated carbocycles. The van der Waals surface area contributed by atoms with E-state index in [4.69, 9.17) is 14.9 Å². The minimum atomic E-state index is -0.670. The molecular formula is C15H24N2O4. The number of carbonyl (C=O) groups is 2. The Morgan fingerprint density at radius 3 is 2.48 bits per heavy atom. The molecule has 0 saturated heterocycles. The second-order valence-electron chi connectivity index (χ2n) is 5.65. The summed E-state index contributed by atoms with van der Waals surface area (Å²) in [7, 11) is 0. The molecule has 0 aliphatic carbocycles. The lowest BCUT2D eigenvalue weighted by Gasteiger charge is -2.20. The molecule has 0 radical (unpaired) electrons. The van der Waals surface area contributed by atoms with Crippen LogP contribution in [-0.2, 0) is 16.1 Å². The molecule has 21 heavy (non-hydrogen) atoms. The Morgan fingerprint density at radius 2 is 2.00 bits per heavy atom. The van der Waals surface area contributed by atoms with Crippen molar-refractivity contribution < 1.29 is 18.7 Å². The zero-order chi connectivity index (χ0) is 16.0. The van der Waals surface area contributed by atoms with Crippen LogP contribution < -0.4 is 11.1 Å². The number of nitrogens with one attached hydrogen (secondary N) is 1. The van der Waals surface area contributed by atoms with Crippen molar-refractivity contribution in [3.63, 3.8) is 0 Å². The molecule has 0 bridgehead atoms. The van der Waals surface area contributed by atoms with E-state index in [0.29, 0.717) is 17.7 Å². The molecule has 3 N–H and O–H groups in total. The maximum Gasteiger partial charge on any atom is 0.328 e. The molecule has 0 aliphatic rings. The fourth-order valence-corrected chi connectivity index (χ4v) is 1.85. The van der Waals surface area contributed by atoms with E-state index in [1.807, 2.05) is 13.8 Å². The summed E-state index contributed by atoms with van der Waals surface area (Å²) in [4.78, 5) is 24.2. The van der Waals surface area contributed by atoms with E-state index in [1.54, 1.807) is 19.9 Å². The zero-order valence-electron chi connectivity index (χ0n) is 13.0. The molecule has 0 unspecified atom stereocenters. The van der Waals surface area contributed by atoms with Crippen LogP contribution in [0, 0.1) is 5.92 Å². The highest BCUT2D eigenvalue weighted by Gasteiger charge is 2.25. The summed E-state index contributed by atoms with van der Waals surface area (Å²) in [5.41, 5.74) is 5.78. The molecule has 0 fully saturated rings. The fourth-order valence-electron chi connectivity index (χ4n) is 1.85. The Morgan fingerprint density at radius 1 is 1.33 bits per heavy atom. The van der Waals surface area contributed by atoms with Crippen molar-refractivity contribution in [3.05, 3.63) is 23.7 Å². The standard InChI is InChI=1S/C15H24N2O4/c1-9(2)5-13(15(19)21-10(3)4)17-14(18)11-6-12(7-16)20-8-11/h6,8-10,13H,5,7,16H2,1-4H3,(H,17,18)/t13-/m0/s1. The number of esters is 1. The number of hydrogen-bond donors (Lipinski definition) is 2. The van der Waals surface area contributed by atoms with Crippen molar-refractivity contribution in [1.82, 2.24) is 5.32 Å². The van der Waals surface area contributed by atoms with Crippen molar-refractivity contribution in [3.8, 4) is 0 Å². The summed E-state index contributed by atoms with van der Waals surface area (Å²) in [5, 5.41) is 2.69. The number of carbonyl (C=O) groups excluding carboxylic acids is 2. The van der Waals surface area contributed by atoms with Crippen LogP contribution in [0.1, 0.15) is 50.2 Å². The molecule has 0 spiro atoms. The lowest BCUT2D eigenvalue weighted by atomic mass is 10.0. The highest BCUT2D eigenvalue weighted by atomic mass is 16.5. The summed E-state index contributed by atoms with van der Waals surface area (Å²) in [6.45, 7) is 7.72. The van der Waals surface area contributed by atoms with Gasteiger partial charge in [-0.05, 0) is 32.3 Å². The average Bonchev–Trinajstić information content (AvgIpc) is 2.85. The molecule has 118 valence electrons. The summed E-state index contributed by atoms with van der Waals surface area (Å²) in [6.07, 6.45) is 1.62. The van der Waals surface area contributed by atoms with Crippen LogP contribution in [0.25, 0.3) is 0 Å². The van der Waals surface area contributed by atoms with E-state index in [9.17, 15) is 9.59 Å². The third kappa shape index (κ3) is 5.59. The lowest BCUT2D eigenvalue weighted by molar-refractivity contribution is -0.150. The van der Waals surface area contributed by atoms with Crippen LogP contribution in [0.15, 0.2) is 16.7 Å². The molecular weight excluding hydrogens is 272 g/mol. The zero-order valence-corrected chi connectivity index (χ0v) is 13.0. The summed E-state index contributed by atoms with van der Waals surface area (Å²) >= 11 is 0. The first-order chi connectivity index (χ1) is 9.83. The first kappa shape index (κ1) is 17.2. The van der Waals surface area contributed by atoms with E-state index in [-0.39, 0.29) is 24.5 Å². The SMILES string of the molecule is CC(C)C[C@H](NC(=O)c1coc(CN)c1)C(=O)OC(C)C. The Bertz CT molecular complexity index is 480. The number of hydrogen-bond acceptors (Lipinski definition) is 5. The average molecular weight is 296 g/mol. The highest BCUT2D eigenvalue weighted by Crippen LogP contribution is 2.11. The first-order valence-corrected chi connectivity index (χ1v) is 7.12. The van der Waals surface area contributed by atoms with Gasteiger partial charge in [0.1, 0.15) is 18.1 Å². The quantitative estimate of drug-likeness (QED) is 0.749. The monoisotopic (exact) mass is 296 g/mol. The van der Waals surface area contributed by atoms with Gasteiger partial charge in [-0.3, -0.25) is 4.79 Å². The van der Waals surface area contributed by atoms with Crippen LogP contribution in [0.4, 0.5) is 0 Å². The highest BCUT2D eigenvalue weighted by molar-refractivity contribution is 5.96. The molecule has 1 heterocycles. The molecule has 1 aromatic rings. The van der Waals surface area contributed by atoms with Crippen molar-refractivity contribution in [2.24, 2.45) is 11.7 Å². The second-order valence-corrected chi connectivity index (χ2v) is 5.65. The minimum absolute atomic E-state index is 0.220. The molecule has 6 nitrogen and oxygen atoms in total. The van der Waals surface area contributed by atoms with Crippen LogP contribution in [0.2, 0.25) is 0 Å². The summed E-state index contributed by atoms with van der Waals surface area (Å²) in [5.74, 6) is -0.0244. The van der Waals surface area contributed by atoms with Gasteiger partial charge < -0.3 is 20.2 Å². The van der Waals surface area contributed by atoms with Gasteiger partial charge in [0.05, 0.1) is 18.2 Å². The number of amides is 1. The first-order valence-electron chi connectivity index (χ1n) is 7.12. The van der Waals surface area contributed by atoms with E-state index < -0.39 is 12.0 Å². The fraction of sp³-hybridized carbons (Fsp3) is 0.600. The van der Waals surface area contributed by atoms with Gasteiger partial charge in [0, 0.05) is 0 Å². The van der Waals surface area contributed by atoms with Gasteiger partial charge in [0.15, 0.2) is 0 Å². The predicted octanol–water partition coefficient (Wildman–Crippen LogP) is 1.83. The molecule has 1 aromatic heterocycles. The molecule has 6 heteroatoms. The van der Waals surface area contributed by atoms with Crippen molar-refractivity contribution in [2.75, 3.05) is 0 Å². The smallest absolute Gasteiger partial charge is 0.328 e. The van der Waals surface area contributed by atoms with Crippen molar-refractivity contribution in [1.29, 1.82) is 0 Å². The second kappa shape index (κ2) is 7.83. The maximum absolute atomic E-state index is 12.1. The molecule has 1 rings (SSSR count). The number of nitrogens with two attached hydrogens (primary N) is 1. The minimum Gasteiger partial charge on any atom is -0.467 e. The number of rotatable bonds is 7. The van der Waals surface area contributed by atoms with Gasteiger partial charge in [-0.1, -0.05) is 13.8 Å². The Kier molecular flexibility index (Phi) is 6.42. The van der Waals surface area contributed by atoms with E-state index in [1.165, 1.54) is 6.26 Å². The lowest BCUT2D eigenvalue weighted by Crippen LogP contribution is -2.43. The van der Waals surface area contributed by atoms with Crippen molar-refractivity contribution >= 4 is 11.9 Å². The Balaban J connectivity index is 2.75. The van der Waals surface area contributed by atoms with Gasteiger partial charge in [0.25, 0.3) is 5.91 Å². The largest absolute Gasteiger partial charge is 0.467 e. The van der Waals surface area contributed by atoms with E-state index in [2.05, 4.69) is 5.32 Å². The predicted molar refractivity (Wildman–Crippen MR) is 78.5 cm³/mol. The van der Waals surface area contributed by atoms with Crippen LogP contribution >= 0.6 is 0 Å². The van der Waals surface area contributed by atoms with Gasteiger partial charge >= 0.3 is 5.97 Å². The van der Waals surface area contributed by atoms with E-state index in [0.717, 1.165) is 0 Å². The Labute approximate surface area is 125 Å². The van der Waals surface area contributed by atoms with Gasteiger partial charge in [0.2, 0.25) is 0 Å². The molecule has 0 aromatic carbocycles. The summed E-state index contributed by atoms with van der Waals surface area (Å²) < 4.78 is 10.3.